The van der Waals surface area contributed by atoms with Crippen molar-refractivity contribution in [1.29, 1.82) is 0 Å². The lowest BCUT2D eigenvalue weighted by molar-refractivity contribution is 0.0695. The van der Waals surface area contributed by atoms with E-state index in [1.807, 2.05) is 4.90 Å². The second-order valence-corrected chi connectivity index (χ2v) is 8.49. The smallest absolute Gasteiger partial charge is 0.341 e. The highest BCUT2D eigenvalue weighted by Crippen LogP contribution is 2.36. The lowest BCUT2D eigenvalue weighted by Crippen LogP contribution is -2.28. The molecule has 3 heterocycles. The molecule has 9 heteroatoms. The second-order valence-electron chi connectivity index (χ2n) is 8.49. The molecule has 162 valence electrons. The van der Waals surface area contributed by atoms with Gasteiger partial charge in [-0.15, -0.1) is 0 Å². The Hall–Kier alpha value is -3.33. The predicted octanol–water partition coefficient (Wildman–Crippen LogP) is 2.78. The summed E-state index contributed by atoms with van der Waals surface area (Å²) in [5, 5.41) is 9.47. The van der Waals surface area contributed by atoms with Crippen LogP contribution in [0.4, 0.5) is 14.6 Å². The van der Waals surface area contributed by atoms with Crippen molar-refractivity contribution in [2.75, 3.05) is 24.5 Å². The van der Waals surface area contributed by atoms with Gasteiger partial charge in [0.2, 0.25) is 5.43 Å². The van der Waals surface area contributed by atoms with Gasteiger partial charge in [0.1, 0.15) is 23.0 Å². The number of benzene rings is 1. The first kappa shape index (κ1) is 20.9. The molecule has 3 aromatic rings. The maximum Gasteiger partial charge on any atom is 0.341 e. The van der Waals surface area contributed by atoms with Crippen molar-refractivity contribution in [3.05, 3.63) is 63.9 Å². The zero-order chi connectivity index (χ0) is 22.5. The van der Waals surface area contributed by atoms with Crippen LogP contribution in [0.2, 0.25) is 0 Å². The van der Waals surface area contributed by atoms with E-state index in [2.05, 4.69) is 18.8 Å². The number of nitrogens with zero attached hydrogens (tertiary/aromatic N) is 3. The molecule has 1 fully saturated rings. The number of hydrogen-bond donors (Lipinski definition) is 2. The summed E-state index contributed by atoms with van der Waals surface area (Å²) >= 11 is 0. The number of nitrogens with two attached hydrogens (primary N) is 1. The number of aromatic carboxylic acids is 1. The van der Waals surface area contributed by atoms with Crippen molar-refractivity contribution in [3.63, 3.8) is 0 Å². The Morgan fingerprint density at radius 1 is 1.29 bits per heavy atom. The van der Waals surface area contributed by atoms with Crippen molar-refractivity contribution < 1.29 is 18.7 Å². The van der Waals surface area contributed by atoms with Gasteiger partial charge in [0, 0.05) is 25.4 Å². The van der Waals surface area contributed by atoms with Crippen molar-refractivity contribution in [2.24, 2.45) is 17.1 Å². The molecule has 1 saturated heterocycles. The quantitative estimate of drug-likeness (QED) is 0.663. The topological polar surface area (TPSA) is 101 Å². The summed E-state index contributed by atoms with van der Waals surface area (Å²) in [4.78, 5) is 30.9. The minimum Gasteiger partial charge on any atom is -0.477 e. The number of pyridine rings is 2. The Labute approximate surface area is 176 Å². The molecule has 1 aliphatic rings. The fourth-order valence-corrected chi connectivity index (χ4v) is 4.15. The Kier molecular flexibility index (Phi) is 5.01. The van der Waals surface area contributed by atoms with Crippen LogP contribution in [0, 0.1) is 23.0 Å². The molecule has 0 bridgehead atoms. The molecule has 2 aromatic heterocycles. The van der Waals surface area contributed by atoms with Crippen LogP contribution in [-0.2, 0) is 0 Å². The summed E-state index contributed by atoms with van der Waals surface area (Å²) in [5.74, 6) is -2.31. The SMILES string of the molecule is CC1(C)CN(c2ccc3c(=O)c(C(=O)O)cn(-c4ccc(F)cc4F)c3n2)CC1CN. The summed E-state index contributed by atoms with van der Waals surface area (Å²) in [6, 6.07) is 6.07. The third-order valence-electron chi connectivity index (χ3n) is 5.99. The molecular formula is C22H22F2N4O3. The number of carboxylic acid groups (broad SMARTS) is 1. The van der Waals surface area contributed by atoms with E-state index in [9.17, 15) is 23.5 Å². The maximum atomic E-state index is 14.6. The van der Waals surface area contributed by atoms with E-state index < -0.39 is 28.6 Å². The van der Waals surface area contributed by atoms with Gasteiger partial charge in [0.25, 0.3) is 0 Å². The van der Waals surface area contributed by atoms with Crippen LogP contribution < -0.4 is 16.1 Å². The highest BCUT2D eigenvalue weighted by molar-refractivity contribution is 5.92. The fourth-order valence-electron chi connectivity index (χ4n) is 4.15. The monoisotopic (exact) mass is 428 g/mol. The first-order valence-corrected chi connectivity index (χ1v) is 9.82. The molecular weight excluding hydrogens is 406 g/mol. The Bertz CT molecular complexity index is 1260. The molecule has 1 aromatic carbocycles. The Balaban J connectivity index is 1.95. The molecule has 0 spiro atoms. The summed E-state index contributed by atoms with van der Waals surface area (Å²) in [7, 11) is 0. The number of carboxylic acids is 1. The normalized spacial score (nSPS) is 18.0. The van der Waals surface area contributed by atoms with Crippen molar-refractivity contribution in [2.45, 2.75) is 13.8 Å². The van der Waals surface area contributed by atoms with E-state index in [-0.39, 0.29) is 28.1 Å². The molecule has 0 saturated carbocycles. The van der Waals surface area contributed by atoms with E-state index in [1.54, 1.807) is 6.07 Å². The minimum atomic E-state index is -1.45. The molecule has 1 aliphatic heterocycles. The molecule has 1 unspecified atom stereocenters. The number of anilines is 1. The highest BCUT2D eigenvalue weighted by atomic mass is 19.1. The van der Waals surface area contributed by atoms with Crippen molar-refractivity contribution in [1.82, 2.24) is 9.55 Å². The minimum absolute atomic E-state index is 0.0289. The van der Waals surface area contributed by atoms with Gasteiger partial charge in [0.05, 0.1) is 11.1 Å². The van der Waals surface area contributed by atoms with Gasteiger partial charge in [-0.25, -0.2) is 18.6 Å². The summed E-state index contributed by atoms with van der Waals surface area (Å²) in [6.45, 7) is 6.12. The average molecular weight is 428 g/mol. The van der Waals surface area contributed by atoms with E-state index in [0.717, 1.165) is 12.3 Å². The third-order valence-corrected chi connectivity index (χ3v) is 5.99. The first-order chi connectivity index (χ1) is 14.6. The molecule has 4 rings (SSSR count). The van der Waals surface area contributed by atoms with Crippen LogP contribution in [0.1, 0.15) is 24.2 Å². The largest absolute Gasteiger partial charge is 0.477 e. The van der Waals surface area contributed by atoms with Gasteiger partial charge in [-0.3, -0.25) is 9.36 Å². The van der Waals surface area contributed by atoms with Gasteiger partial charge in [-0.2, -0.15) is 0 Å². The number of halogens is 2. The molecule has 0 aliphatic carbocycles. The maximum absolute atomic E-state index is 14.6. The first-order valence-electron chi connectivity index (χ1n) is 9.82. The van der Waals surface area contributed by atoms with Crippen LogP contribution in [0.3, 0.4) is 0 Å². The Morgan fingerprint density at radius 2 is 2.03 bits per heavy atom. The van der Waals surface area contributed by atoms with Gasteiger partial charge >= 0.3 is 5.97 Å². The zero-order valence-electron chi connectivity index (χ0n) is 17.1. The van der Waals surface area contributed by atoms with Gasteiger partial charge < -0.3 is 15.7 Å². The van der Waals surface area contributed by atoms with Crippen LogP contribution in [0.5, 0.6) is 0 Å². The lowest BCUT2D eigenvalue weighted by atomic mass is 9.82. The zero-order valence-corrected chi connectivity index (χ0v) is 17.1. The molecule has 31 heavy (non-hydrogen) atoms. The van der Waals surface area contributed by atoms with Crippen molar-refractivity contribution in [3.8, 4) is 5.69 Å². The standard InChI is InChI=1S/C22H22F2N4O3/c1-22(2)11-27(9-12(22)8-25)18-6-4-14-19(29)15(21(30)31)10-28(20(14)26-18)17-5-3-13(23)7-16(17)24/h3-7,10,12H,8-9,11,25H2,1-2H3,(H,30,31). The Morgan fingerprint density at radius 3 is 2.65 bits per heavy atom. The van der Waals surface area contributed by atoms with Crippen LogP contribution >= 0.6 is 0 Å². The summed E-state index contributed by atoms with van der Waals surface area (Å²) in [6.07, 6.45) is 1.02. The van der Waals surface area contributed by atoms with Gasteiger partial charge in [-0.1, -0.05) is 13.8 Å². The summed E-state index contributed by atoms with van der Waals surface area (Å²) in [5.41, 5.74) is 4.60. The van der Waals surface area contributed by atoms with E-state index in [0.29, 0.717) is 31.5 Å². The third kappa shape index (κ3) is 3.54. The van der Waals surface area contributed by atoms with E-state index in [4.69, 9.17) is 5.73 Å². The number of carbonyl (C=O) groups is 1. The summed E-state index contributed by atoms with van der Waals surface area (Å²) < 4.78 is 29.2. The van der Waals surface area contributed by atoms with Crippen molar-refractivity contribution >= 4 is 22.8 Å². The second kappa shape index (κ2) is 7.42. The van der Waals surface area contributed by atoms with Crippen LogP contribution in [0.15, 0.2) is 41.3 Å². The number of fused-ring (bicyclic) bond motifs is 1. The predicted molar refractivity (Wildman–Crippen MR) is 113 cm³/mol. The molecule has 7 nitrogen and oxygen atoms in total. The average Bonchev–Trinajstić information content (AvgIpc) is 3.02. The lowest BCUT2D eigenvalue weighted by Gasteiger charge is -2.24. The number of aromatic nitrogens is 2. The molecule has 0 amide bonds. The van der Waals surface area contributed by atoms with E-state index in [1.165, 1.54) is 16.7 Å². The van der Waals surface area contributed by atoms with Gasteiger partial charge in [0.15, 0.2) is 5.65 Å². The molecule has 1 atom stereocenters. The van der Waals surface area contributed by atoms with Gasteiger partial charge in [-0.05, 0) is 42.1 Å². The number of hydrogen-bond acceptors (Lipinski definition) is 5. The molecule has 0 radical (unpaired) electrons. The fraction of sp³-hybridized carbons (Fsp3) is 0.318. The van der Waals surface area contributed by atoms with Crippen LogP contribution in [0.25, 0.3) is 16.7 Å². The van der Waals surface area contributed by atoms with Crippen LogP contribution in [-0.4, -0.2) is 40.3 Å². The molecule has 3 N–H and O–H groups in total. The highest BCUT2D eigenvalue weighted by Gasteiger charge is 2.39. The van der Waals surface area contributed by atoms with E-state index >= 15 is 0 Å². The number of rotatable bonds is 4.